The Hall–Kier alpha value is -5.83. The zero-order valence-corrected chi connectivity index (χ0v) is 26.8. The maximum absolute atomic E-state index is 6.59. The lowest BCUT2D eigenvalue weighted by atomic mass is 9.86. The molecule has 0 radical (unpaired) electrons. The third-order valence-electron chi connectivity index (χ3n) is 9.95. The fourth-order valence-electron chi connectivity index (χ4n) is 7.86. The van der Waals surface area contributed by atoms with Gasteiger partial charge in [-0.2, -0.15) is 0 Å². The number of thiol groups is 1. The molecule has 0 aliphatic rings. The second kappa shape index (κ2) is 10.6. The second-order valence-corrected chi connectivity index (χ2v) is 13.0. The highest BCUT2D eigenvalue weighted by molar-refractivity contribution is 7.80. The molecule has 0 aliphatic heterocycles. The number of hydrogen-bond acceptors (Lipinski definition) is 2. The summed E-state index contributed by atoms with van der Waals surface area (Å²) in [7, 11) is 0. The van der Waals surface area contributed by atoms with Crippen LogP contribution in [0, 0.1) is 0 Å². The van der Waals surface area contributed by atoms with Gasteiger partial charge >= 0.3 is 0 Å². The van der Waals surface area contributed by atoms with Crippen LogP contribution < -0.4 is 0 Å². The van der Waals surface area contributed by atoms with Crippen molar-refractivity contribution in [2.24, 2.45) is 0 Å². The molecule has 0 unspecified atom stereocenters. The third-order valence-corrected chi connectivity index (χ3v) is 10.4. The van der Waals surface area contributed by atoms with Gasteiger partial charge in [-0.1, -0.05) is 140 Å². The molecule has 0 aliphatic carbocycles. The average molecular weight is 629 g/mol. The summed E-state index contributed by atoms with van der Waals surface area (Å²) < 4.78 is 6.59. The highest BCUT2D eigenvalue weighted by atomic mass is 32.1. The summed E-state index contributed by atoms with van der Waals surface area (Å²) in [6.45, 7) is 0. The quantitative estimate of drug-likeness (QED) is 0.152. The summed E-state index contributed by atoms with van der Waals surface area (Å²) in [6.07, 6.45) is 0. The van der Waals surface area contributed by atoms with Gasteiger partial charge in [-0.05, 0) is 101 Å². The van der Waals surface area contributed by atoms with Gasteiger partial charge in [0.05, 0.1) is 0 Å². The van der Waals surface area contributed by atoms with Gasteiger partial charge in [-0.15, -0.1) is 12.6 Å². The predicted molar refractivity (Wildman–Crippen MR) is 207 cm³/mol. The monoisotopic (exact) mass is 628 g/mol. The lowest BCUT2D eigenvalue weighted by Crippen LogP contribution is -1.90. The number of hydrogen-bond donors (Lipinski definition) is 1. The third kappa shape index (κ3) is 4.00. The van der Waals surface area contributed by atoms with Gasteiger partial charge in [-0.3, -0.25) is 0 Å². The minimum absolute atomic E-state index is 0.886. The second-order valence-electron chi connectivity index (χ2n) is 12.5. The lowest BCUT2D eigenvalue weighted by Gasteiger charge is -2.17. The molecule has 2 heteroatoms. The molecule has 0 bridgehead atoms. The van der Waals surface area contributed by atoms with Crippen molar-refractivity contribution in [2.45, 2.75) is 4.90 Å². The first-order valence-electron chi connectivity index (χ1n) is 16.3. The minimum atomic E-state index is 0.886. The smallest absolute Gasteiger partial charge is 0.136 e. The van der Waals surface area contributed by atoms with Crippen molar-refractivity contribution in [2.75, 3.05) is 0 Å². The number of fused-ring (bicyclic) bond motifs is 7. The standard InChI is InChI=1S/C46H28OS/c48-46-38-20-10-8-18-36(38)45(37-19-9-11-21-39(37)46)30-22-24-31-40-26-29(23-25-41(40)47-42(31)27-30)44-34-16-6-4-14-32(34)43(28-12-2-1-3-13-28)33-15-5-7-17-35(33)44/h1-27,48H. The molecule has 0 atom stereocenters. The van der Waals surface area contributed by atoms with Crippen molar-refractivity contribution in [1.29, 1.82) is 0 Å². The molecule has 1 heterocycles. The Labute approximate surface area is 283 Å². The largest absolute Gasteiger partial charge is 0.456 e. The van der Waals surface area contributed by atoms with E-state index in [0.29, 0.717) is 0 Å². The Balaban J connectivity index is 1.21. The molecule has 0 saturated heterocycles. The van der Waals surface area contributed by atoms with E-state index in [1.807, 2.05) is 0 Å². The highest BCUT2D eigenvalue weighted by Crippen LogP contribution is 2.46. The van der Waals surface area contributed by atoms with Gasteiger partial charge in [0.15, 0.2) is 0 Å². The SMILES string of the molecule is Sc1c2ccccc2c(-c2ccc3c(c2)oc2ccc(-c4c5ccccc5c(-c5ccccc5)c5ccccc45)cc23)c2ccccc12. The van der Waals surface area contributed by atoms with E-state index in [1.54, 1.807) is 0 Å². The van der Waals surface area contributed by atoms with Crippen molar-refractivity contribution in [3.05, 3.63) is 164 Å². The van der Waals surface area contributed by atoms with Gasteiger partial charge in [0.1, 0.15) is 11.2 Å². The van der Waals surface area contributed by atoms with E-state index in [-0.39, 0.29) is 0 Å². The van der Waals surface area contributed by atoms with Crippen LogP contribution in [0.25, 0.3) is 98.4 Å². The highest BCUT2D eigenvalue weighted by Gasteiger charge is 2.19. The van der Waals surface area contributed by atoms with Gasteiger partial charge in [0.2, 0.25) is 0 Å². The molecule has 0 N–H and O–H groups in total. The van der Waals surface area contributed by atoms with Crippen LogP contribution in [0.1, 0.15) is 0 Å². The molecule has 0 amide bonds. The van der Waals surface area contributed by atoms with Crippen LogP contribution in [0.2, 0.25) is 0 Å². The van der Waals surface area contributed by atoms with Crippen LogP contribution in [0.15, 0.2) is 173 Å². The molecular formula is C46H28OS. The van der Waals surface area contributed by atoms with E-state index in [1.165, 1.54) is 60.1 Å². The van der Waals surface area contributed by atoms with Crippen molar-refractivity contribution in [1.82, 2.24) is 0 Å². The molecule has 10 rings (SSSR count). The zero-order chi connectivity index (χ0) is 31.8. The first kappa shape index (κ1) is 27.3. The minimum Gasteiger partial charge on any atom is -0.456 e. The predicted octanol–water partition coefficient (Wildman–Crippen LogP) is 13.5. The molecule has 0 spiro atoms. The Kier molecular flexibility index (Phi) is 6.03. The van der Waals surface area contributed by atoms with Crippen molar-refractivity contribution >= 4 is 77.7 Å². The molecular weight excluding hydrogens is 601 g/mol. The topological polar surface area (TPSA) is 13.1 Å². The van der Waals surface area contributed by atoms with Crippen LogP contribution in [-0.2, 0) is 0 Å². The van der Waals surface area contributed by atoms with Gasteiger partial charge in [-0.25, -0.2) is 0 Å². The number of rotatable bonds is 3. The fourth-order valence-corrected chi connectivity index (χ4v) is 8.25. The van der Waals surface area contributed by atoms with E-state index in [0.717, 1.165) is 43.2 Å². The van der Waals surface area contributed by atoms with Crippen molar-refractivity contribution in [3.63, 3.8) is 0 Å². The zero-order valence-electron chi connectivity index (χ0n) is 25.9. The van der Waals surface area contributed by atoms with Crippen LogP contribution in [0.5, 0.6) is 0 Å². The Morgan fingerprint density at radius 1 is 0.292 bits per heavy atom. The Morgan fingerprint density at radius 2 is 0.708 bits per heavy atom. The summed E-state index contributed by atoms with van der Waals surface area (Å²) in [6, 6.07) is 58.8. The Bertz CT molecular complexity index is 2780. The van der Waals surface area contributed by atoms with Crippen LogP contribution in [0.4, 0.5) is 0 Å². The van der Waals surface area contributed by atoms with Gasteiger partial charge < -0.3 is 4.42 Å². The summed E-state index contributed by atoms with van der Waals surface area (Å²) in [4.78, 5) is 1.01. The lowest BCUT2D eigenvalue weighted by molar-refractivity contribution is 0.669. The first-order chi connectivity index (χ1) is 23.7. The summed E-state index contributed by atoms with van der Waals surface area (Å²) in [5.41, 5.74) is 9.06. The maximum Gasteiger partial charge on any atom is 0.136 e. The summed E-state index contributed by atoms with van der Waals surface area (Å²) >= 11 is 4.96. The molecule has 0 saturated carbocycles. The molecule has 0 fully saturated rings. The molecule has 1 aromatic heterocycles. The van der Waals surface area contributed by atoms with E-state index in [4.69, 9.17) is 17.0 Å². The average Bonchev–Trinajstić information content (AvgIpc) is 3.51. The summed E-state index contributed by atoms with van der Waals surface area (Å²) in [5, 5.41) is 11.9. The summed E-state index contributed by atoms with van der Waals surface area (Å²) in [5.74, 6) is 0. The van der Waals surface area contributed by atoms with Crippen LogP contribution >= 0.6 is 12.6 Å². The molecule has 48 heavy (non-hydrogen) atoms. The fraction of sp³-hybridized carbons (Fsp3) is 0. The van der Waals surface area contributed by atoms with E-state index >= 15 is 0 Å². The van der Waals surface area contributed by atoms with Crippen molar-refractivity contribution < 1.29 is 4.42 Å². The van der Waals surface area contributed by atoms with Gasteiger partial charge in [0.25, 0.3) is 0 Å². The van der Waals surface area contributed by atoms with Crippen LogP contribution in [0.3, 0.4) is 0 Å². The normalized spacial score (nSPS) is 11.9. The number of furan rings is 1. The van der Waals surface area contributed by atoms with Gasteiger partial charge in [0, 0.05) is 15.7 Å². The Morgan fingerprint density at radius 3 is 1.25 bits per heavy atom. The van der Waals surface area contributed by atoms with Crippen molar-refractivity contribution in [3.8, 4) is 33.4 Å². The molecule has 224 valence electrons. The molecule has 9 aromatic carbocycles. The molecule has 1 nitrogen and oxygen atoms in total. The van der Waals surface area contributed by atoms with Crippen LogP contribution in [-0.4, -0.2) is 0 Å². The first-order valence-corrected chi connectivity index (χ1v) is 16.8. The maximum atomic E-state index is 6.59. The van der Waals surface area contributed by atoms with E-state index in [2.05, 4.69) is 164 Å². The number of benzene rings is 9. The molecule has 10 aromatic rings. The van der Waals surface area contributed by atoms with E-state index in [9.17, 15) is 0 Å². The van der Waals surface area contributed by atoms with E-state index < -0.39 is 0 Å².